The quantitative estimate of drug-likeness (QED) is 0.797. The molecule has 0 atom stereocenters. The van der Waals surface area contributed by atoms with Gasteiger partial charge in [-0.25, -0.2) is 4.79 Å². The summed E-state index contributed by atoms with van der Waals surface area (Å²) in [4.78, 5) is 13.0. The molecule has 0 aromatic heterocycles. The van der Waals surface area contributed by atoms with Crippen molar-refractivity contribution in [3.8, 4) is 5.75 Å². The normalized spacial score (nSPS) is 10.4. The van der Waals surface area contributed by atoms with Gasteiger partial charge in [-0.05, 0) is 25.7 Å². The third-order valence-electron chi connectivity index (χ3n) is 2.39. The minimum Gasteiger partial charge on any atom is -0.491 e. The van der Waals surface area contributed by atoms with E-state index in [1.54, 1.807) is 24.3 Å². The smallest absolute Gasteiger partial charge is 0.339 e. The highest BCUT2D eigenvalue weighted by molar-refractivity contribution is 5.90. The van der Waals surface area contributed by atoms with Crippen LogP contribution in [-0.4, -0.2) is 42.7 Å². The minimum absolute atomic E-state index is 0.210. The summed E-state index contributed by atoms with van der Waals surface area (Å²) in [6, 6.07) is 6.68. The third-order valence-corrected chi connectivity index (χ3v) is 2.39. The molecule has 0 amide bonds. The summed E-state index contributed by atoms with van der Waals surface area (Å²) in [5.41, 5.74) is 0.210. The summed E-state index contributed by atoms with van der Waals surface area (Å²) in [5.74, 6) is -0.529. The first-order chi connectivity index (χ1) is 7.65. The molecule has 16 heavy (non-hydrogen) atoms. The zero-order valence-corrected chi connectivity index (χ0v) is 9.64. The van der Waals surface area contributed by atoms with Crippen LogP contribution >= 0.6 is 0 Å². The Morgan fingerprint density at radius 2 is 2.12 bits per heavy atom. The second kappa shape index (κ2) is 6.12. The number of nitrogens with zero attached hydrogens (tertiary/aromatic N) is 1. The molecule has 0 aliphatic heterocycles. The number of aromatic carboxylic acids is 1. The van der Waals surface area contributed by atoms with E-state index in [-0.39, 0.29) is 5.56 Å². The van der Waals surface area contributed by atoms with Crippen molar-refractivity contribution in [1.29, 1.82) is 0 Å². The first-order valence-corrected chi connectivity index (χ1v) is 5.28. The van der Waals surface area contributed by atoms with E-state index in [1.807, 2.05) is 7.05 Å². The van der Waals surface area contributed by atoms with Gasteiger partial charge in [0.15, 0.2) is 0 Å². The Morgan fingerprint density at radius 3 is 2.75 bits per heavy atom. The van der Waals surface area contributed by atoms with Gasteiger partial charge in [-0.1, -0.05) is 19.1 Å². The van der Waals surface area contributed by atoms with Gasteiger partial charge in [-0.15, -0.1) is 0 Å². The number of hydrogen-bond donors (Lipinski definition) is 1. The molecule has 0 unspecified atom stereocenters. The fraction of sp³-hybridized carbons (Fsp3) is 0.417. The molecule has 4 nitrogen and oxygen atoms in total. The largest absolute Gasteiger partial charge is 0.491 e. The molecule has 88 valence electrons. The van der Waals surface area contributed by atoms with Crippen molar-refractivity contribution in [2.75, 3.05) is 26.7 Å². The van der Waals surface area contributed by atoms with E-state index in [2.05, 4.69) is 11.8 Å². The molecule has 0 saturated heterocycles. The molecule has 4 heteroatoms. The molecule has 1 aromatic rings. The van der Waals surface area contributed by atoms with Gasteiger partial charge in [0.05, 0.1) is 0 Å². The zero-order valence-electron chi connectivity index (χ0n) is 9.64. The lowest BCUT2D eigenvalue weighted by Crippen LogP contribution is -2.24. The van der Waals surface area contributed by atoms with E-state index < -0.39 is 5.97 Å². The Labute approximate surface area is 95.5 Å². The number of benzene rings is 1. The lowest BCUT2D eigenvalue weighted by Gasteiger charge is -2.15. The third kappa shape index (κ3) is 3.55. The van der Waals surface area contributed by atoms with Crippen molar-refractivity contribution in [1.82, 2.24) is 4.90 Å². The first kappa shape index (κ1) is 12.5. The summed E-state index contributed by atoms with van der Waals surface area (Å²) in [7, 11) is 1.99. The monoisotopic (exact) mass is 223 g/mol. The van der Waals surface area contributed by atoms with Crippen LogP contribution in [0.4, 0.5) is 0 Å². The van der Waals surface area contributed by atoms with Crippen molar-refractivity contribution in [3.63, 3.8) is 0 Å². The molecule has 0 radical (unpaired) electrons. The average molecular weight is 223 g/mol. The predicted molar refractivity (Wildman–Crippen MR) is 62.1 cm³/mol. The van der Waals surface area contributed by atoms with Crippen LogP contribution < -0.4 is 4.74 Å². The van der Waals surface area contributed by atoms with Gasteiger partial charge in [-0.2, -0.15) is 0 Å². The highest BCUT2D eigenvalue weighted by Crippen LogP contribution is 2.17. The predicted octanol–water partition coefficient (Wildman–Crippen LogP) is 1.72. The van der Waals surface area contributed by atoms with Crippen molar-refractivity contribution in [2.24, 2.45) is 0 Å². The second-order valence-corrected chi connectivity index (χ2v) is 3.55. The number of hydrogen-bond acceptors (Lipinski definition) is 3. The molecule has 1 rings (SSSR count). The molecule has 1 aromatic carbocycles. The summed E-state index contributed by atoms with van der Waals surface area (Å²) < 4.78 is 5.45. The van der Waals surface area contributed by atoms with Crippen molar-refractivity contribution < 1.29 is 14.6 Å². The highest BCUT2D eigenvalue weighted by atomic mass is 16.5. The van der Waals surface area contributed by atoms with Gasteiger partial charge in [0.2, 0.25) is 0 Å². The SMILES string of the molecule is CCN(C)CCOc1ccccc1C(=O)O. The maximum Gasteiger partial charge on any atom is 0.339 e. The van der Waals surface area contributed by atoms with Crippen LogP contribution in [0.2, 0.25) is 0 Å². The van der Waals surface area contributed by atoms with Gasteiger partial charge in [-0.3, -0.25) is 0 Å². The topological polar surface area (TPSA) is 49.8 Å². The van der Waals surface area contributed by atoms with E-state index in [0.29, 0.717) is 12.4 Å². The maximum absolute atomic E-state index is 10.9. The molecule has 0 aliphatic rings. The molecular formula is C12H17NO3. The zero-order chi connectivity index (χ0) is 12.0. The summed E-state index contributed by atoms with van der Waals surface area (Å²) in [6.45, 7) is 4.29. The minimum atomic E-state index is -0.959. The Hall–Kier alpha value is -1.55. The number of likely N-dealkylation sites (N-methyl/N-ethyl adjacent to an activating group) is 1. The van der Waals surface area contributed by atoms with Crippen molar-refractivity contribution in [3.05, 3.63) is 29.8 Å². The number of para-hydroxylation sites is 1. The Balaban J connectivity index is 2.56. The van der Waals surface area contributed by atoms with Gasteiger partial charge < -0.3 is 14.7 Å². The molecule has 0 heterocycles. The van der Waals surface area contributed by atoms with Gasteiger partial charge in [0, 0.05) is 6.54 Å². The van der Waals surface area contributed by atoms with E-state index >= 15 is 0 Å². The lowest BCUT2D eigenvalue weighted by atomic mass is 10.2. The van der Waals surface area contributed by atoms with E-state index in [1.165, 1.54) is 0 Å². The van der Waals surface area contributed by atoms with Gasteiger partial charge in [0.25, 0.3) is 0 Å². The van der Waals surface area contributed by atoms with Crippen LogP contribution in [0.3, 0.4) is 0 Å². The molecule has 0 fully saturated rings. The van der Waals surface area contributed by atoms with Gasteiger partial charge in [0.1, 0.15) is 17.9 Å². The Kier molecular flexibility index (Phi) is 4.79. The number of carboxylic acids is 1. The fourth-order valence-electron chi connectivity index (χ4n) is 1.24. The summed E-state index contributed by atoms with van der Waals surface area (Å²) >= 11 is 0. The number of carbonyl (C=O) groups is 1. The number of carboxylic acid groups (broad SMARTS) is 1. The van der Waals surface area contributed by atoms with Crippen LogP contribution in [-0.2, 0) is 0 Å². The Morgan fingerprint density at radius 1 is 1.44 bits per heavy atom. The van der Waals surface area contributed by atoms with Gasteiger partial charge >= 0.3 is 5.97 Å². The van der Waals surface area contributed by atoms with Crippen LogP contribution in [0.25, 0.3) is 0 Å². The van der Waals surface area contributed by atoms with Crippen LogP contribution in [0, 0.1) is 0 Å². The van der Waals surface area contributed by atoms with Crippen LogP contribution in [0.15, 0.2) is 24.3 Å². The highest BCUT2D eigenvalue weighted by Gasteiger charge is 2.09. The first-order valence-electron chi connectivity index (χ1n) is 5.28. The lowest BCUT2D eigenvalue weighted by molar-refractivity contribution is 0.0692. The fourth-order valence-corrected chi connectivity index (χ4v) is 1.24. The molecule has 0 aliphatic carbocycles. The molecule has 0 saturated carbocycles. The standard InChI is InChI=1S/C12H17NO3/c1-3-13(2)8-9-16-11-7-5-4-6-10(11)12(14)15/h4-7H,3,8-9H2,1-2H3,(H,14,15). The Bertz CT molecular complexity index is 352. The number of ether oxygens (including phenoxy) is 1. The molecule has 0 bridgehead atoms. The van der Waals surface area contributed by atoms with E-state index in [9.17, 15) is 4.79 Å². The molecule has 0 spiro atoms. The molecule has 1 N–H and O–H groups in total. The van der Waals surface area contributed by atoms with Crippen LogP contribution in [0.5, 0.6) is 5.75 Å². The second-order valence-electron chi connectivity index (χ2n) is 3.55. The van der Waals surface area contributed by atoms with E-state index in [4.69, 9.17) is 9.84 Å². The van der Waals surface area contributed by atoms with Crippen molar-refractivity contribution in [2.45, 2.75) is 6.92 Å². The summed E-state index contributed by atoms with van der Waals surface area (Å²) in [6.07, 6.45) is 0. The van der Waals surface area contributed by atoms with Crippen LogP contribution in [0.1, 0.15) is 17.3 Å². The van der Waals surface area contributed by atoms with E-state index in [0.717, 1.165) is 13.1 Å². The summed E-state index contributed by atoms with van der Waals surface area (Å²) in [5, 5.41) is 8.93. The average Bonchev–Trinajstić information content (AvgIpc) is 2.29. The number of rotatable bonds is 6. The molecular weight excluding hydrogens is 206 g/mol. The van der Waals surface area contributed by atoms with Crippen molar-refractivity contribution >= 4 is 5.97 Å². The maximum atomic E-state index is 10.9.